The average Bonchev–Trinajstić information content (AvgIpc) is 2.70. The van der Waals surface area contributed by atoms with Crippen molar-refractivity contribution < 1.29 is 0 Å². The first-order chi connectivity index (χ1) is 6.40. The van der Waals surface area contributed by atoms with Gasteiger partial charge in [0.15, 0.2) is 4.34 Å². The molecule has 0 N–H and O–H groups in total. The molecule has 0 unspecified atom stereocenters. The molecule has 1 saturated heterocycles. The lowest BCUT2D eigenvalue weighted by Crippen LogP contribution is -2.17. The Morgan fingerprint density at radius 3 is 2.85 bits per heavy atom. The number of rotatable bonds is 3. The van der Waals surface area contributed by atoms with E-state index in [1.807, 2.05) is 0 Å². The molecule has 3 nitrogen and oxygen atoms in total. The van der Waals surface area contributed by atoms with Crippen LogP contribution in [0, 0.1) is 0 Å². The predicted octanol–water partition coefficient (Wildman–Crippen LogP) is 2.25. The molecule has 0 bridgehead atoms. The van der Waals surface area contributed by atoms with E-state index in [9.17, 15) is 0 Å². The standard InChI is InChI=1S/C8H13N3S2/c1-2-12-8-10-9-7(13-8)11-5-3-4-6-11/h2-6H2,1H3. The molecule has 2 rings (SSSR count). The van der Waals surface area contributed by atoms with Gasteiger partial charge in [-0.25, -0.2) is 0 Å². The minimum Gasteiger partial charge on any atom is -0.347 e. The number of nitrogens with zero attached hydrogens (tertiary/aromatic N) is 3. The highest BCUT2D eigenvalue weighted by Gasteiger charge is 2.16. The second-order valence-corrected chi connectivity index (χ2v) is 5.44. The summed E-state index contributed by atoms with van der Waals surface area (Å²) in [6, 6.07) is 0. The van der Waals surface area contributed by atoms with Crippen LogP contribution in [0.5, 0.6) is 0 Å². The first-order valence-electron chi connectivity index (χ1n) is 4.61. The summed E-state index contributed by atoms with van der Waals surface area (Å²) >= 11 is 3.49. The molecule has 5 heteroatoms. The summed E-state index contributed by atoms with van der Waals surface area (Å²) in [6.45, 7) is 4.46. The number of aromatic nitrogens is 2. The molecular formula is C8H13N3S2. The highest BCUT2D eigenvalue weighted by Crippen LogP contribution is 2.29. The van der Waals surface area contributed by atoms with Crippen LogP contribution < -0.4 is 4.90 Å². The third-order valence-corrected chi connectivity index (χ3v) is 4.04. The van der Waals surface area contributed by atoms with Gasteiger partial charge in [0.1, 0.15) is 0 Å². The van der Waals surface area contributed by atoms with E-state index in [0.717, 1.165) is 28.3 Å². The zero-order valence-corrected chi connectivity index (χ0v) is 9.33. The van der Waals surface area contributed by atoms with E-state index < -0.39 is 0 Å². The van der Waals surface area contributed by atoms with Crippen LogP contribution in [0.25, 0.3) is 0 Å². The molecular weight excluding hydrogens is 202 g/mol. The highest BCUT2D eigenvalue weighted by molar-refractivity contribution is 8.01. The van der Waals surface area contributed by atoms with E-state index in [0.29, 0.717) is 0 Å². The average molecular weight is 215 g/mol. The topological polar surface area (TPSA) is 29.0 Å². The van der Waals surface area contributed by atoms with Crippen LogP contribution >= 0.6 is 23.1 Å². The van der Waals surface area contributed by atoms with Gasteiger partial charge in [-0.1, -0.05) is 30.0 Å². The van der Waals surface area contributed by atoms with Gasteiger partial charge in [-0.15, -0.1) is 10.2 Å². The van der Waals surface area contributed by atoms with Gasteiger partial charge in [0.25, 0.3) is 0 Å². The summed E-state index contributed by atoms with van der Waals surface area (Å²) in [5, 5.41) is 9.44. The smallest absolute Gasteiger partial charge is 0.209 e. The van der Waals surface area contributed by atoms with Crippen molar-refractivity contribution in [2.45, 2.75) is 24.1 Å². The third kappa shape index (κ3) is 2.14. The van der Waals surface area contributed by atoms with Gasteiger partial charge < -0.3 is 4.90 Å². The van der Waals surface area contributed by atoms with Crippen molar-refractivity contribution in [2.24, 2.45) is 0 Å². The fourth-order valence-electron chi connectivity index (χ4n) is 1.42. The minimum absolute atomic E-state index is 1.08. The van der Waals surface area contributed by atoms with Crippen LogP contribution in [0.4, 0.5) is 5.13 Å². The van der Waals surface area contributed by atoms with Gasteiger partial charge in [0.05, 0.1) is 0 Å². The van der Waals surface area contributed by atoms with Crippen LogP contribution in [0.3, 0.4) is 0 Å². The summed E-state index contributed by atoms with van der Waals surface area (Å²) in [7, 11) is 0. The molecule has 1 aliphatic rings. The van der Waals surface area contributed by atoms with E-state index in [1.54, 1.807) is 23.1 Å². The van der Waals surface area contributed by atoms with Crippen LogP contribution in [0.1, 0.15) is 19.8 Å². The lowest BCUT2D eigenvalue weighted by molar-refractivity contribution is 0.913. The zero-order valence-electron chi connectivity index (χ0n) is 7.69. The van der Waals surface area contributed by atoms with Crippen LogP contribution in [0.15, 0.2) is 4.34 Å². The van der Waals surface area contributed by atoms with Crippen LogP contribution in [-0.2, 0) is 0 Å². The fourth-order valence-corrected chi connectivity index (χ4v) is 3.21. The quantitative estimate of drug-likeness (QED) is 0.723. The van der Waals surface area contributed by atoms with Gasteiger partial charge in [-0.05, 0) is 18.6 Å². The first-order valence-corrected chi connectivity index (χ1v) is 6.41. The molecule has 0 saturated carbocycles. The fraction of sp³-hybridized carbons (Fsp3) is 0.750. The summed E-state index contributed by atoms with van der Waals surface area (Å²) in [5.74, 6) is 1.08. The molecule has 0 aliphatic carbocycles. The summed E-state index contributed by atoms with van der Waals surface area (Å²) in [5.41, 5.74) is 0. The Hall–Kier alpha value is -0.290. The molecule has 1 aliphatic heterocycles. The third-order valence-electron chi connectivity index (χ3n) is 2.04. The molecule has 1 aromatic heterocycles. The first kappa shape index (κ1) is 9.27. The molecule has 72 valence electrons. The second kappa shape index (κ2) is 4.28. The predicted molar refractivity (Wildman–Crippen MR) is 57.8 cm³/mol. The number of anilines is 1. The molecule has 2 heterocycles. The van der Waals surface area contributed by atoms with Gasteiger partial charge >= 0.3 is 0 Å². The number of hydrogen-bond acceptors (Lipinski definition) is 5. The lowest BCUT2D eigenvalue weighted by atomic mass is 10.4. The van der Waals surface area contributed by atoms with Crippen molar-refractivity contribution in [3.63, 3.8) is 0 Å². The van der Waals surface area contributed by atoms with Crippen molar-refractivity contribution in [1.82, 2.24) is 10.2 Å². The monoisotopic (exact) mass is 215 g/mol. The van der Waals surface area contributed by atoms with Gasteiger partial charge in [-0.2, -0.15) is 0 Å². The molecule has 0 spiro atoms. The lowest BCUT2D eigenvalue weighted by Gasteiger charge is -2.10. The van der Waals surface area contributed by atoms with Crippen molar-refractivity contribution >= 4 is 28.2 Å². The largest absolute Gasteiger partial charge is 0.347 e. The van der Waals surface area contributed by atoms with E-state index in [4.69, 9.17) is 0 Å². The van der Waals surface area contributed by atoms with Gasteiger partial charge in [-0.3, -0.25) is 0 Å². The normalized spacial score (nSPS) is 16.8. The molecule has 1 aromatic rings. The maximum absolute atomic E-state index is 4.19. The molecule has 1 fully saturated rings. The second-order valence-electron chi connectivity index (χ2n) is 2.98. The van der Waals surface area contributed by atoms with Crippen LogP contribution in [-0.4, -0.2) is 29.0 Å². The Bertz CT molecular complexity index is 268. The van der Waals surface area contributed by atoms with E-state index >= 15 is 0 Å². The SMILES string of the molecule is CCSc1nnc(N2CCCC2)s1. The highest BCUT2D eigenvalue weighted by atomic mass is 32.2. The summed E-state index contributed by atoms with van der Waals surface area (Å²) in [6.07, 6.45) is 2.60. The van der Waals surface area contributed by atoms with E-state index in [2.05, 4.69) is 22.0 Å². The van der Waals surface area contributed by atoms with E-state index in [1.165, 1.54) is 12.8 Å². The molecule has 0 radical (unpaired) electrons. The van der Waals surface area contributed by atoms with Crippen molar-refractivity contribution in [1.29, 1.82) is 0 Å². The number of thioether (sulfide) groups is 1. The Labute approximate surface area is 86.5 Å². The Kier molecular flexibility index (Phi) is 3.05. The Balaban J connectivity index is 2.03. The minimum atomic E-state index is 1.08. The molecule has 13 heavy (non-hydrogen) atoms. The maximum Gasteiger partial charge on any atom is 0.209 e. The van der Waals surface area contributed by atoms with Crippen molar-refractivity contribution in [2.75, 3.05) is 23.7 Å². The summed E-state index contributed by atoms with van der Waals surface area (Å²) < 4.78 is 1.10. The Morgan fingerprint density at radius 2 is 2.15 bits per heavy atom. The molecule has 0 atom stereocenters. The molecule has 0 amide bonds. The van der Waals surface area contributed by atoms with Crippen LogP contribution in [0.2, 0.25) is 0 Å². The Morgan fingerprint density at radius 1 is 1.38 bits per heavy atom. The van der Waals surface area contributed by atoms with Gasteiger partial charge in [0, 0.05) is 13.1 Å². The van der Waals surface area contributed by atoms with Crippen molar-refractivity contribution in [3.8, 4) is 0 Å². The van der Waals surface area contributed by atoms with Gasteiger partial charge in [0.2, 0.25) is 5.13 Å². The molecule has 0 aromatic carbocycles. The summed E-state index contributed by atoms with van der Waals surface area (Å²) in [4.78, 5) is 2.33. The van der Waals surface area contributed by atoms with E-state index in [-0.39, 0.29) is 0 Å². The number of hydrogen-bond donors (Lipinski definition) is 0. The zero-order chi connectivity index (χ0) is 9.10. The van der Waals surface area contributed by atoms with Crippen molar-refractivity contribution in [3.05, 3.63) is 0 Å². The maximum atomic E-state index is 4.19.